The van der Waals surface area contributed by atoms with Crippen molar-refractivity contribution < 1.29 is 13.0 Å². The van der Waals surface area contributed by atoms with Gasteiger partial charge in [-0.1, -0.05) is 64.0 Å². The molecule has 23 heavy (non-hydrogen) atoms. The van der Waals surface area contributed by atoms with Crippen LogP contribution in [0.5, 0.6) is 0 Å². The van der Waals surface area contributed by atoms with Crippen LogP contribution in [0.15, 0.2) is 24.3 Å². The van der Waals surface area contributed by atoms with Crippen LogP contribution in [0.4, 0.5) is 11.4 Å². The Morgan fingerprint density at radius 1 is 1.04 bits per heavy atom. The van der Waals surface area contributed by atoms with Gasteiger partial charge in [-0.05, 0) is 25.0 Å². The Balaban J connectivity index is 1.79. The second kappa shape index (κ2) is 8.55. The van der Waals surface area contributed by atoms with E-state index in [9.17, 15) is 13.0 Å². The lowest BCUT2D eigenvalue weighted by atomic mass is 10.1. The van der Waals surface area contributed by atoms with E-state index in [0.717, 1.165) is 22.8 Å². The maximum atomic E-state index is 11.7. The molecule has 0 aromatic heterocycles. The predicted octanol–water partition coefficient (Wildman–Crippen LogP) is 4.58. The topological polar surface area (TPSA) is 69.6 Å². The summed E-state index contributed by atoms with van der Waals surface area (Å²) in [5.41, 5.74) is 1.29. The summed E-state index contributed by atoms with van der Waals surface area (Å²) in [6.45, 7) is 2.22. The minimum atomic E-state index is -4.25. The van der Waals surface area contributed by atoms with Crippen molar-refractivity contribution in [1.82, 2.24) is 0 Å². The van der Waals surface area contributed by atoms with Crippen molar-refractivity contribution in [3.05, 3.63) is 24.3 Å². The molecular formula is C17H28N2O3S. The fourth-order valence-corrected chi connectivity index (χ4v) is 4.03. The van der Waals surface area contributed by atoms with Crippen molar-refractivity contribution in [3.8, 4) is 0 Å². The number of para-hydroxylation sites is 2. The monoisotopic (exact) mass is 340 g/mol. The lowest BCUT2D eigenvalue weighted by molar-refractivity contribution is 0.467. The van der Waals surface area contributed by atoms with Crippen molar-refractivity contribution in [1.29, 1.82) is 0 Å². The van der Waals surface area contributed by atoms with Crippen molar-refractivity contribution >= 4 is 21.7 Å². The molecule has 2 N–H and O–H groups in total. The largest absolute Gasteiger partial charge is 0.363 e. The second-order valence-corrected chi connectivity index (χ2v) is 7.50. The zero-order valence-corrected chi connectivity index (χ0v) is 14.7. The van der Waals surface area contributed by atoms with E-state index >= 15 is 0 Å². The number of unbranched alkanes of at least 4 members (excludes halogenated alkanes) is 7. The maximum Gasteiger partial charge on any atom is 0.361 e. The zero-order chi connectivity index (χ0) is 16.7. The summed E-state index contributed by atoms with van der Waals surface area (Å²) in [4.78, 5) is 0. The molecule has 1 heterocycles. The summed E-state index contributed by atoms with van der Waals surface area (Å²) < 4.78 is 34.0. The highest BCUT2D eigenvalue weighted by Gasteiger charge is 2.35. The molecule has 0 spiro atoms. The first-order valence-corrected chi connectivity index (χ1v) is 10.1. The van der Waals surface area contributed by atoms with E-state index in [1.54, 1.807) is 12.1 Å². The third kappa shape index (κ3) is 5.11. The summed E-state index contributed by atoms with van der Waals surface area (Å²) in [6, 6.07) is 7.18. The van der Waals surface area contributed by atoms with Gasteiger partial charge in [0.2, 0.25) is 0 Å². The van der Waals surface area contributed by atoms with Gasteiger partial charge in [0.1, 0.15) is 6.17 Å². The van der Waals surface area contributed by atoms with Gasteiger partial charge in [0, 0.05) is 0 Å². The van der Waals surface area contributed by atoms with Crippen LogP contribution >= 0.6 is 0 Å². The van der Waals surface area contributed by atoms with E-state index in [1.807, 2.05) is 12.1 Å². The van der Waals surface area contributed by atoms with Gasteiger partial charge in [0.15, 0.2) is 0 Å². The van der Waals surface area contributed by atoms with Crippen LogP contribution in [0.1, 0.15) is 64.7 Å². The van der Waals surface area contributed by atoms with Crippen LogP contribution in [0.2, 0.25) is 0 Å². The quantitative estimate of drug-likeness (QED) is 0.483. The third-order valence-electron chi connectivity index (χ3n) is 4.33. The molecule has 1 aliphatic rings. The molecule has 1 atom stereocenters. The van der Waals surface area contributed by atoms with E-state index in [1.165, 1.54) is 38.5 Å². The first-order chi connectivity index (χ1) is 11.0. The van der Waals surface area contributed by atoms with Gasteiger partial charge in [0.05, 0.1) is 11.4 Å². The molecular weight excluding hydrogens is 312 g/mol. The summed E-state index contributed by atoms with van der Waals surface area (Å²) >= 11 is 0. The lowest BCUT2D eigenvalue weighted by Gasteiger charge is -2.23. The SMILES string of the molecule is CCCCCCCCCCC1Nc2ccccc2N1S(=O)(=O)O. The molecule has 5 nitrogen and oxygen atoms in total. The molecule has 1 aliphatic heterocycles. The Labute approximate surface area is 140 Å². The van der Waals surface area contributed by atoms with Crippen LogP contribution in [0.3, 0.4) is 0 Å². The molecule has 130 valence electrons. The molecule has 0 saturated carbocycles. The number of hydrogen-bond donors (Lipinski definition) is 2. The Bertz CT molecular complexity index is 589. The number of hydrogen-bond acceptors (Lipinski definition) is 3. The maximum absolute atomic E-state index is 11.7. The first kappa shape index (κ1) is 18.1. The number of benzene rings is 1. The zero-order valence-electron chi connectivity index (χ0n) is 13.9. The van der Waals surface area contributed by atoms with Crippen LogP contribution in [-0.4, -0.2) is 19.1 Å². The fourth-order valence-electron chi connectivity index (χ4n) is 3.14. The normalized spacial score (nSPS) is 17.1. The smallest absolute Gasteiger partial charge is 0.361 e. The average Bonchev–Trinajstić information content (AvgIpc) is 2.88. The fraction of sp³-hybridized carbons (Fsp3) is 0.647. The molecule has 1 aromatic rings. The highest BCUT2D eigenvalue weighted by atomic mass is 32.2. The number of anilines is 2. The Hall–Kier alpha value is -1.27. The number of fused-ring (bicyclic) bond motifs is 1. The molecule has 0 amide bonds. The van der Waals surface area contributed by atoms with Gasteiger partial charge in [-0.3, -0.25) is 4.55 Å². The highest BCUT2D eigenvalue weighted by Crippen LogP contribution is 2.37. The average molecular weight is 340 g/mol. The Morgan fingerprint density at radius 2 is 1.65 bits per heavy atom. The molecule has 0 aliphatic carbocycles. The van der Waals surface area contributed by atoms with Gasteiger partial charge in [0.25, 0.3) is 0 Å². The van der Waals surface area contributed by atoms with Gasteiger partial charge >= 0.3 is 10.3 Å². The minimum absolute atomic E-state index is 0.387. The van der Waals surface area contributed by atoms with Crippen LogP contribution in [0, 0.1) is 0 Å². The molecule has 1 unspecified atom stereocenters. The molecule has 1 aromatic carbocycles. The third-order valence-corrected chi connectivity index (χ3v) is 5.27. The van der Waals surface area contributed by atoms with Gasteiger partial charge in [-0.15, -0.1) is 0 Å². The lowest BCUT2D eigenvalue weighted by Crippen LogP contribution is -2.40. The summed E-state index contributed by atoms with van der Waals surface area (Å²) in [6.07, 6.45) is 9.98. The van der Waals surface area contributed by atoms with E-state index in [-0.39, 0.29) is 6.17 Å². The Kier molecular flexibility index (Phi) is 6.72. The summed E-state index contributed by atoms with van der Waals surface area (Å²) in [5, 5.41) is 3.20. The van der Waals surface area contributed by atoms with Crippen LogP contribution in [-0.2, 0) is 10.3 Å². The van der Waals surface area contributed by atoms with E-state index in [2.05, 4.69) is 12.2 Å². The molecule has 0 radical (unpaired) electrons. The van der Waals surface area contributed by atoms with Crippen LogP contribution < -0.4 is 9.62 Å². The number of nitrogens with one attached hydrogen (secondary N) is 1. The van der Waals surface area contributed by atoms with Crippen molar-refractivity contribution in [2.75, 3.05) is 9.62 Å². The van der Waals surface area contributed by atoms with Gasteiger partial charge < -0.3 is 5.32 Å². The summed E-state index contributed by atoms with van der Waals surface area (Å²) in [5.74, 6) is 0. The van der Waals surface area contributed by atoms with Gasteiger partial charge in [-0.25, -0.2) is 4.31 Å². The van der Waals surface area contributed by atoms with E-state index in [0.29, 0.717) is 12.1 Å². The van der Waals surface area contributed by atoms with Crippen molar-refractivity contribution in [2.24, 2.45) is 0 Å². The predicted molar refractivity (Wildman–Crippen MR) is 95.1 cm³/mol. The number of nitrogens with zero attached hydrogens (tertiary/aromatic N) is 1. The molecule has 0 saturated heterocycles. The van der Waals surface area contributed by atoms with Crippen molar-refractivity contribution in [2.45, 2.75) is 70.9 Å². The minimum Gasteiger partial charge on any atom is -0.363 e. The van der Waals surface area contributed by atoms with Crippen molar-refractivity contribution in [3.63, 3.8) is 0 Å². The highest BCUT2D eigenvalue weighted by molar-refractivity contribution is 7.87. The molecule has 6 heteroatoms. The van der Waals surface area contributed by atoms with E-state index in [4.69, 9.17) is 0 Å². The molecule has 0 bridgehead atoms. The molecule has 2 rings (SSSR count). The van der Waals surface area contributed by atoms with Gasteiger partial charge in [-0.2, -0.15) is 8.42 Å². The number of rotatable bonds is 10. The molecule has 0 fully saturated rings. The summed E-state index contributed by atoms with van der Waals surface area (Å²) in [7, 11) is -4.25. The van der Waals surface area contributed by atoms with Crippen LogP contribution in [0.25, 0.3) is 0 Å². The standard InChI is InChI=1S/C17H28N2O3S/c1-2-3-4-5-6-7-8-9-14-17-18-15-12-10-11-13-16(15)19(17)23(20,21)22/h10-13,17-18H,2-9,14H2,1H3,(H,20,21,22). The van der Waals surface area contributed by atoms with E-state index < -0.39 is 10.3 Å². The Morgan fingerprint density at radius 3 is 2.30 bits per heavy atom. The first-order valence-electron chi connectivity index (χ1n) is 8.66. The second-order valence-electron chi connectivity index (χ2n) is 6.21.